The molecule has 21 heavy (non-hydrogen) atoms. The number of aromatic hydroxyl groups is 1. The van der Waals surface area contributed by atoms with E-state index in [0.717, 1.165) is 5.56 Å². The molecule has 1 heterocycles. The number of fused-ring (bicyclic) bond motifs is 1. The van der Waals surface area contributed by atoms with Gasteiger partial charge in [-0.2, -0.15) is 4.31 Å². The van der Waals surface area contributed by atoms with Gasteiger partial charge in [0.15, 0.2) is 0 Å². The summed E-state index contributed by atoms with van der Waals surface area (Å²) in [6, 6.07) is 13.1. The molecule has 2 aromatic rings. The summed E-state index contributed by atoms with van der Waals surface area (Å²) < 4.78 is 32.3. The Kier molecular flexibility index (Phi) is 3.57. The van der Waals surface area contributed by atoms with Crippen molar-refractivity contribution in [3.63, 3.8) is 0 Å². The van der Waals surface area contributed by atoms with Gasteiger partial charge in [0.1, 0.15) is 18.1 Å². The molecule has 0 bridgehead atoms. The van der Waals surface area contributed by atoms with E-state index in [1.807, 2.05) is 24.3 Å². The summed E-state index contributed by atoms with van der Waals surface area (Å²) in [5.41, 5.74) is 0.832. The Morgan fingerprint density at radius 1 is 1.10 bits per heavy atom. The first-order chi connectivity index (χ1) is 10.1. The van der Waals surface area contributed by atoms with E-state index in [2.05, 4.69) is 0 Å². The minimum absolute atomic E-state index is 0.0671. The minimum Gasteiger partial charge on any atom is -0.508 e. The van der Waals surface area contributed by atoms with Crippen molar-refractivity contribution in [3.05, 3.63) is 54.1 Å². The van der Waals surface area contributed by atoms with E-state index in [9.17, 15) is 13.5 Å². The summed E-state index contributed by atoms with van der Waals surface area (Å²) in [5.74, 6) is 0.647. The molecule has 0 saturated heterocycles. The molecule has 0 atom stereocenters. The molecule has 0 unspecified atom stereocenters. The van der Waals surface area contributed by atoms with Crippen LogP contribution in [0.25, 0.3) is 0 Å². The second-order valence-corrected chi connectivity index (χ2v) is 6.73. The smallest absolute Gasteiger partial charge is 0.243 e. The minimum atomic E-state index is -3.66. The van der Waals surface area contributed by atoms with Crippen LogP contribution in [0.1, 0.15) is 5.56 Å². The maximum absolute atomic E-state index is 12.7. The highest BCUT2D eigenvalue weighted by atomic mass is 32.2. The number of rotatable bonds is 2. The number of benzene rings is 2. The quantitative estimate of drug-likeness (QED) is 0.921. The lowest BCUT2D eigenvalue weighted by Crippen LogP contribution is -2.32. The third kappa shape index (κ3) is 2.72. The molecule has 0 fully saturated rings. The number of phenols is 1. The SMILES string of the molecule is O=S(=O)(c1cccc(O)c1)N1CCOc2ccccc2C1. The molecule has 0 aliphatic carbocycles. The maximum Gasteiger partial charge on any atom is 0.243 e. The van der Waals surface area contributed by atoms with E-state index < -0.39 is 10.0 Å². The molecule has 1 aliphatic heterocycles. The van der Waals surface area contributed by atoms with E-state index in [-0.39, 0.29) is 23.7 Å². The predicted octanol–water partition coefficient (Wildman–Crippen LogP) is 1.98. The van der Waals surface area contributed by atoms with Crippen LogP contribution in [0.2, 0.25) is 0 Å². The van der Waals surface area contributed by atoms with Crippen LogP contribution in [0.3, 0.4) is 0 Å². The number of nitrogens with zero attached hydrogens (tertiary/aromatic N) is 1. The number of phenolic OH excluding ortho intramolecular Hbond substituents is 1. The van der Waals surface area contributed by atoms with Gasteiger partial charge < -0.3 is 9.84 Å². The zero-order chi connectivity index (χ0) is 14.9. The fourth-order valence-corrected chi connectivity index (χ4v) is 3.74. The van der Waals surface area contributed by atoms with Gasteiger partial charge in [-0.15, -0.1) is 0 Å². The Bertz CT molecular complexity index is 758. The highest BCUT2D eigenvalue weighted by Gasteiger charge is 2.27. The lowest BCUT2D eigenvalue weighted by Gasteiger charge is -2.19. The molecule has 5 nitrogen and oxygen atoms in total. The Morgan fingerprint density at radius 2 is 1.90 bits per heavy atom. The summed E-state index contributed by atoms with van der Waals surface area (Å²) in [4.78, 5) is 0.0851. The average molecular weight is 305 g/mol. The van der Waals surface area contributed by atoms with Gasteiger partial charge in [0, 0.05) is 18.7 Å². The van der Waals surface area contributed by atoms with E-state index >= 15 is 0 Å². The Hall–Kier alpha value is -2.05. The van der Waals surface area contributed by atoms with E-state index in [1.165, 1.54) is 28.6 Å². The van der Waals surface area contributed by atoms with Gasteiger partial charge in [-0.25, -0.2) is 8.42 Å². The Labute approximate surface area is 123 Å². The van der Waals surface area contributed by atoms with Crippen LogP contribution < -0.4 is 4.74 Å². The fourth-order valence-electron chi connectivity index (χ4n) is 2.30. The maximum atomic E-state index is 12.7. The third-order valence-electron chi connectivity index (χ3n) is 3.37. The molecule has 0 saturated carbocycles. The van der Waals surface area contributed by atoms with Crippen molar-refractivity contribution in [2.45, 2.75) is 11.4 Å². The van der Waals surface area contributed by atoms with Gasteiger partial charge in [0.05, 0.1) is 4.90 Å². The molecule has 1 N–H and O–H groups in total. The predicted molar refractivity (Wildman–Crippen MR) is 77.6 cm³/mol. The molecule has 0 amide bonds. The molecule has 6 heteroatoms. The van der Waals surface area contributed by atoms with Gasteiger partial charge in [-0.3, -0.25) is 0 Å². The van der Waals surface area contributed by atoms with E-state index in [4.69, 9.17) is 4.74 Å². The molecule has 3 rings (SSSR count). The molecule has 0 spiro atoms. The molecule has 0 aromatic heterocycles. The first kappa shape index (κ1) is 13.9. The van der Waals surface area contributed by atoms with Crippen molar-refractivity contribution >= 4 is 10.0 Å². The van der Waals surface area contributed by atoms with Crippen LogP contribution in [0.15, 0.2) is 53.4 Å². The number of para-hydroxylation sites is 1. The zero-order valence-electron chi connectivity index (χ0n) is 11.3. The lowest BCUT2D eigenvalue weighted by atomic mass is 10.2. The average Bonchev–Trinajstić information content (AvgIpc) is 2.70. The molecule has 1 aliphatic rings. The van der Waals surface area contributed by atoms with Gasteiger partial charge in [-0.05, 0) is 24.3 Å². The lowest BCUT2D eigenvalue weighted by molar-refractivity contribution is 0.293. The van der Waals surface area contributed by atoms with Crippen molar-refractivity contribution < 1.29 is 18.3 Å². The third-order valence-corrected chi connectivity index (χ3v) is 5.21. The highest BCUT2D eigenvalue weighted by Crippen LogP contribution is 2.27. The van der Waals surface area contributed by atoms with Crippen molar-refractivity contribution in [2.24, 2.45) is 0 Å². The first-order valence-corrected chi connectivity index (χ1v) is 8.01. The molecule has 110 valence electrons. The molecular weight excluding hydrogens is 290 g/mol. The van der Waals surface area contributed by atoms with Gasteiger partial charge in [-0.1, -0.05) is 24.3 Å². The first-order valence-electron chi connectivity index (χ1n) is 6.57. The van der Waals surface area contributed by atoms with Gasteiger partial charge in [0.2, 0.25) is 10.0 Å². The highest BCUT2D eigenvalue weighted by molar-refractivity contribution is 7.89. The number of ether oxygens (including phenoxy) is 1. The van der Waals surface area contributed by atoms with Crippen LogP contribution in [0, 0.1) is 0 Å². The molecule has 2 aromatic carbocycles. The van der Waals surface area contributed by atoms with Crippen molar-refractivity contribution in [1.29, 1.82) is 0 Å². The Morgan fingerprint density at radius 3 is 2.71 bits per heavy atom. The van der Waals surface area contributed by atoms with Crippen molar-refractivity contribution in [2.75, 3.05) is 13.2 Å². The monoisotopic (exact) mass is 305 g/mol. The van der Waals surface area contributed by atoms with Gasteiger partial charge in [0.25, 0.3) is 0 Å². The summed E-state index contributed by atoms with van der Waals surface area (Å²) in [6.45, 7) is 0.829. The second kappa shape index (κ2) is 5.38. The molecular formula is C15H15NO4S. The van der Waals surface area contributed by atoms with Crippen molar-refractivity contribution in [3.8, 4) is 11.5 Å². The Balaban J connectivity index is 1.96. The van der Waals surface area contributed by atoms with Gasteiger partial charge >= 0.3 is 0 Å². The standard InChI is InChI=1S/C15H15NO4S/c17-13-5-3-6-14(10-13)21(18,19)16-8-9-20-15-7-2-1-4-12(15)11-16/h1-7,10,17H,8-9,11H2. The summed E-state index contributed by atoms with van der Waals surface area (Å²) in [5, 5.41) is 9.48. The fraction of sp³-hybridized carbons (Fsp3) is 0.200. The largest absolute Gasteiger partial charge is 0.508 e. The normalized spacial score (nSPS) is 15.8. The van der Waals surface area contributed by atoms with Crippen LogP contribution >= 0.6 is 0 Å². The summed E-state index contributed by atoms with van der Waals surface area (Å²) >= 11 is 0. The van der Waals surface area contributed by atoms with Crippen LogP contribution in [0.4, 0.5) is 0 Å². The topological polar surface area (TPSA) is 66.8 Å². The summed E-state index contributed by atoms with van der Waals surface area (Å²) in [6.07, 6.45) is 0. The van der Waals surface area contributed by atoms with Crippen LogP contribution in [-0.2, 0) is 16.6 Å². The van der Waals surface area contributed by atoms with Crippen LogP contribution in [0.5, 0.6) is 11.5 Å². The summed E-state index contributed by atoms with van der Waals surface area (Å²) in [7, 11) is -3.66. The second-order valence-electron chi connectivity index (χ2n) is 4.79. The number of hydrogen-bond donors (Lipinski definition) is 1. The zero-order valence-corrected chi connectivity index (χ0v) is 12.1. The number of hydrogen-bond acceptors (Lipinski definition) is 4. The number of sulfonamides is 1. The van der Waals surface area contributed by atoms with E-state index in [1.54, 1.807) is 0 Å². The van der Waals surface area contributed by atoms with E-state index in [0.29, 0.717) is 12.4 Å². The van der Waals surface area contributed by atoms with Crippen molar-refractivity contribution in [1.82, 2.24) is 4.31 Å². The molecule has 0 radical (unpaired) electrons. The van der Waals surface area contributed by atoms with Crippen LogP contribution in [-0.4, -0.2) is 31.0 Å².